The fraction of sp³-hybridized carbons (Fsp3) is 0.538. The maximum atomic E-state index is 13.9. The number of anilines is 1. The Balaban J connectivity index is 3.14. The maximum Gasteiger partial charge on any atom is 0.146 e. The normalized spacial score (nSPS) is 12.5. The fourth-order valence-electron chi connectivity index (χ4n) is 1.93. The van der Waals surface area contributed by atoms with E-state index in [9.17, 15) is 9.50 Å². The molecule has 0 aliphatic carbocycles. The zero-order chi connectivity index (χ0) is 12.8. The van der Waals surface area contributed by atoms with Gasteiger partial charge in [-0.1, -0.05) is 19.1 Å². The van der Waals surface area contributed by atoms with Crippen molar-refractivity contribution >= 4 is 5.69 Å². The van der Waals surface area contributed by atoms with Crippen LogP contribution >= 0.6 is 0 Å². The molecular formula is C13H20FNO2. The van der Waals surface area contributed by atoms with Gasteiger partial charge >= 0.3 is 0 Å². The highest BCUT2D eigenvalue weighted by atomic mass is 19.1. The van der Waals surface area contributed by atoms with Gasteiger partial charge in [0.1, 0.15) is 5.82 Å². The lowest BCUT2D eigenvalue weighted by Gasteiger charge is -2.27. The first kappa shape index (κ1) is 13.9. The number of para-hydroxylation sites is 1. The highest BCUT2D eigenvalue weighted by Gasteiger charge is 2.17. The molecule has 2 N–H and O–H groups in total. The third-order valence-corrected chi connectivity index (χ3v) is 2.65. The lowest BCUT2D eigenvalue weighted by molar-refractivity contribution is 0.199. The first-order valence-corrected chi connectivity index (χ1v) is 5.94. The van der Waals surface area contributed by atoms with E-state index in [1.165, 1.54) is 6.07 Å². The smallest absolute Gasteiger partial charge is 0.146 e. The highest BCUT2D eigenvalue weighted by Crippen LogP contribution is 2.29. The average Bonchev–Trinajstić information content (AvgIpc) is 2.28. The van der Waals surface area contributed by atoms with E-state index < -0.39 is 6.10 Å². The molecule has 0 saturated heterocycles. The molecule has 0 aliphatic heterocycles. The van der Waals surface area contributed by atoms with E-state index in [4.69, 9.17) is 5.11 Å². The van der Waals surface area contributed by atoms with Crippen LogP contribution in [0.3, 0.4) is 0 Å². The van der Waals surface area contributed by atoms with Crippen molar-refractivity contribution in [3.63, 3.8) is 0 Å². The van der Waals surface area contributed by atoms with Gasteiger partial charge < -0.3 is 15.1 Å². The van der Waals surface area contributed by atoms with Crippen LogP contribution in [0.15, 0.2) is 18.2 Å². The molecule has 1 atom stereocenters. The number of nitrogens with zero attached hydrogens (tertiary/aromatic N) is 1. The van der Waals surface area contributed by atoms with Crippen LogP contribution in [-0.4, -0.2) is 29.9 Å². The molecule has 0 heterocycles. The predicted molar refractivity (Wildman–Crippen MR) is 66.6 cm³/mol. The summed E-state index contributed by atoms with van der Waals surface area (Å²) in [6.45, 7) is 4.60. The first-order valence-electron chi connectivity index (χ1n) is 5.94. The minimum absolute atomic E-state index is 0.0341. The van der Waals surface area contributed by atoms with E-state index in [0.29, 0.717) is 24.3 Å². The summed E-state index contributed by atoms with van der Waals surface area (Å²) in [5, 5.41) is 18.7. The number of benzene rings is 1. The average molecular weight is 241 g/mol. The molecule has 0 bridgehead atoms. The molecule has 1 aromatic rings. The molecule has 4 heteroatoms. The second-order valence-electron chi connectivity index (χ2n) is 4.06. The van der Waals surface area contributed by atoms with Crippen molar-refractivity contribution in [2.24, 2.45) is 0 Å². The largest absolute Gasteiger partial charge is 0.395 e. The van der Waals surface area contributed by atoms with E-state index in [1.54, 1.807) is 24.0 Å². The molecule has 0 spiro atoms. The summed E-state index contributed by atoms with van der Waals surface area (Å²) >= 11 is 0. The van der Waals surface area contributed by atoms with Crippen LogP contribution in [0.1, 0.15) is 31.9 Å². The molecule has 0 fully saturated rings. The van der Waals surface area contributed by atoms with Crippen LogP contribution in [0.25, 0.3) is 0 Å². The van der Waals surface area contributed by atoms with E-state index in [0.717, 1.165) is 6.42 Å². The van der Waals surface area contributed by atoms with E-state index in [2.05, 4.69) is 0 Å². The number of rotatable bonds is 6. The molecule has 0 radical (unpaired) electrons. The summed E-state index contributed by atoms with van der Waals surface area (Å²) in [7, 11) is 0. The van der Waals surface area contributed by atoms with Crippen LogP contribution in [-0.2, 0) is 0 Å². The van der Waals surface area contributed by atoms with Crippen LogP contribution in [0.4, 0.5) is 10.1 Å². The van der Waals surface area contributed by atoms with Gasteiger partial charge in [0.25, 0.3) is 0 Å². The summed E-state index contributed by atoms with van der Waals surface area (Å²) in [6.07, 6.45) is 0.131. The van der Waals surface area contributed by atoms with Crippen molar-refractivity contribution in [1.82, 2.24) is 0 Å². The minimum atomic E-state index is -0.723. The van der Waals surface area contributed by atoms with E-state index in [-0.39, 0.29) is 12.4 Å². The lowest BCUT2D eigenvalue weighted by atomic mass is 10.1. The van der Waals surface area contributed by atoms with E-state index in [1.807, 2.05) is 6.92 Å². The number of aliphatic hydroxyl groups is 2. The summed E-state index contributed by atoms with van der Waals surface area (Å²) in [5.41, 5.74) is 0.963. The Morgan fingerprint density at radius 2 is 2.06 bits per heavy atom. The number of halogens is 1. The van der Waals surface area contributed by atoms with Crippen molar-refractivity contribution < 1.29 is 14.6 Å². The van der Waals surface area contributed by atoms with Crippen LogP contribution in [0.5, 0.6) is 0 Å². The number of hydrogen-bond donors (Lipinski definition) is 2. The highest BCUT2D eigenvalue weighted by molar-refractivity contribution is 5.55. The summed E-state index contributed by atoms with van der Waals surface area (Å²) in [6, 6.07) is 4.67. The van der Waals surface area contributed by atoms with Crippen LogP contribution < -0.4 is 4.90 Å². The summed E-state index contributed by atoms with van der Waals surface area (Å²) in [4.78, 5) is 1.78. The molecule has 1 rings (SSSR count). The Morgan fingerprint density at radius 3 is 2.59 bits per heavy atom. The van der Waals surface area contributed by atoms with Gasteiger partial charge in [-0.05, 0) is 19.4 Å². The van der Waals surface area contributed by atoms with E-state index >= 15 is 0 Å². The van der Waals surface area contributed by atoms with Crippen LogP contribution in [0, 0.1) is 5.82 Å². The number of hydrogen-bond acceptors (Lipinski definition) is 3. The van der Waals surface area contributed by atoms with Gasteiger partial charge in [-0.2, -0.15) is 0 Å². The Bertz CT molecular complexity index is 349. The molecule has 0 aliphatic rings. The molecule has 0 saturated carbocycles. The zero-order valence-corrected chi connectivity index (χ0v) is 10.4. The Hall–Kier alpha value is -1.13. The molecule has 0 aromatic heterocycles. The van der Waals surface area contributed by atoms with Crippen LogP contribution in [0.2, 0.25) is 0 Å². The SMILES string of the molecule is CCCN(CCO)c1c(F)cccc1[C@H](C)O. The van der Waals surface area contributed by atoms with Gasteiger partial charge in [0.05, 0.1) is 18.4 Å². The quantitative estimate of drug-likeness (QED) is 0.801. The summed E-state index contributed by atoms with van der Waals surface area (Å²) in [5.74, 6) is -0.356. The maximum absolute atomic E-state index is 13.9. The van der Waals surface area contributed by atoms with Gasteiger partial charge in [-0.25, -0.2) is 4.39 Å². The second kappa shape index (κ2) is 6.57. The second-order valence-corrected chi connectivity index (χ2v) is 4.06. The third-order valence-electron chi connectivity index (χ3n) is 2.65. The van der Waals surface area contributed by atoms with Crippen molar-refractivity contribution in [3.05, 3.63) is 29.6 Å². The third kappa shape index (κ3) is 3.41. The molecule has 0 amide bonds. The Kier molecular flexibility index (Phi) is 5.38. The Labute approximate surface area is 101 Å². The van der Waals surface area contributed by atoms with Gasteiger partial charge in [0.15, 0.2) is 0 Å². The van der Waals surface area contributed by atoms with Gasteiger partial charge in [0.2, 0.25) is 0 Å². The number of aliphatic hydroxyl groups excluding tert-OH is 2. The zero-order valence-electron chi connectivity index (χ0n) is 10.4. The van der Waals surface area contributed by atoms with Crippen molar-refractivity contribution in [2.75, 3.05) is 24.6 Å². The molecule has 17 heavy (non-hydrogen) atoms. The summed E-state index contributed by atoms with van der Waals surface area (Å²) < 4.78 is 13.9. The molecular weight excluding hydrogens is 221 g/mol. The Morgan fingerprint density at radius 1 is 1.35 bits per heavy atom. The van der Waals surface area contributed by atoms with Crippen molar-refractivity contribution in [1.29, 1.82) is 0 Å². The standard InChI is InChI=1S/C13H20FNO2/c1-3-7-15(8-9-16)13-11(10(2)17)5-4-6-12(13)14/h4-6,10,16-17H,3,7-9H2,1-2H3/t10-/m0/s1. The van der Waals surface area contributed by atoms with Crippen molar-refractivity contribution in [2.45, 2.75) is 26.4 Å². The molecule has 1 aromatic carbocycles. The minimum Gasteiger partial charge on any atom is -0.395 e. The van der Waals surface area contributed by atoms with Crippen molar-refractivity contribution in [3.8, 4) is 0 Å². The lowest BCUT2D eigenvalue weighted by Crippen LogP contribution is -2.29. The monoisotopic (exact) mass is 241 g/mol. The molecule has 0 unspecified atom stereocenters. The fourth-order valence-corrected chi connectivity index (χ4v) is 1.93. The topological polar surface area (TPSA) is 43.7 Å². The van der Waals surface area contributed by atoms with Gasteiger partial charge in [-0.3, -0.25) is 0 Å². The molecule has 3 nitrogen and oxygen atoms in total. The first-order chi connectivity index (χ1) is 8.11. The van der Waals surface area contributed by atoms with Gasteiger partial charge in [-0.15, -0.1) is 0 Å². The predicted octanol–water partition coefficient (Wildman–Crippen LogP) is 2.09. The van der Waals surface area contributed by atoms with Gasteiger partial charge in [0, 0.05) is 18.7 Å². The molecule has 96 valence electrons.